The average Bonchev–Trinajstić information content (AvgIpc) is 3.14. The van der Waals surface area contributed by atoms with Crippen molar-refractivity contribution in [2.75, 3.05) is 19.4 Å². The summed E-state index contributed by atoms with van der Waals surface area (Å²) in [6.45, 7) is 3.03. The number of carbonyl (C=O) groups excluding carboxylic acids is 1. The van der Waals surface area contributed by atoms with Gasteiger partial charge in [0.2, 0.25) is 5.91 Å². The molecular weight excluding hydrogens is 336 g/mol. The molecule has 1 unspecified atom stereocenters. The van der Waals surface area contributed by atoms with Crippen molar-refractivity contribution in [1.82, 2.24) is 19.7 Å². The lowest BCUT2D eigenvalue weighted by molar-refractivity contribution is -0.132. The van der Waals surface area contributed by atoms with Crippen LogP contribution in [0.3, 0.4) is 0 Å². The lowest BCUT2D eigenvalue weighted by Gasteiger charge is -2.35. The summed E-state index contributed by atoms with van der Waals surface area (Å²) in [5.74, 6) is 1.39. The van der Waals surface area contributed by atoms with E-state index in [9.17, 15) is 4.79 Å². The van der Waals surface area contributed by atoms with Gasteiger partial charge >= 0.3 is 0 Å². The maximum absolute atomic E-state index is 12.6. The zero-order chi connectivity index (χ0) is 17.6. The Morgan fingerprint density at radius 1 is 1.32 bits per heavy atom. The van der Waals surface area contributed by atoms with Crippen molar-refractivity contribution in [1.29, 1.82) is 0 Å². The Hall–Kier alpha value is -2.02. The highest BCUT2D eigenvalue weighted by atomic mass is 32.2. The van der Waals surface area contributed by atoms with Gasteiger partial charge in [-0.05, 0) is 49.9 Å². The van der Waals surface area contributed by atoms with E-state index in [1.807, 2.05) is 33.7 Å². The predicted molar refractivity (Wildman–Crippen MR) is 98.3 cm³/mol. The molecule has 0 bridgehead atoms. The molecule has 1 fully saturated rings. The third kappa shape index (κ3) is 4.15. The highest BCUT2D eigenvalue weighted by Crippen LogP contribution is 2.24. The standard InChI is InChI=1S/C18H24N4O2S/c1-3-14-6-4-5-11-21(14)17(23)12-25-18-20-19-13-22(18)15-7-9-16(24-2)10-8-15/h7-10,13-14H,3-6,11-12H2,1-2H3. The van der Waals surface area contributed by atoms with Crippen LogP contribution >= 0.6 is 11.8 Å². The van der Waals surface area contributed by atoms with E-state index in [4.69, 9.17) is 4.74 Å². The Morgan fingerprint density at radius 3 is 2.84 bits per heavy atom. The summed E-state index contributed by atoms with van der Waals surface area (Å²) in [7, 11) is 1.64. The summed E-state index contributed by atoms with van der Waals surface area (Å²) >= 11 is 1.44. The zero-order valence-electron chi connectivity index (χ0n) is 14.7. The van der Waals surface area contributed by atoms with Crippen LogP contribution in [0.15, 0.2) is 35.7 Å². The van der Waals surface area contributed by atoms with Gasteiger partial charge < -0.3 is 9.64 Å². The number of likely N-dealkylation sites (tertiary alicyclic amines) is 1. The van der Waals surface area contributed by atoms with Crippen molar-refractivity contribution in [3.63, 3.8) is 0 Å². The van der Waals surface area contributed by atoms with Crippen LogP contribution in [0.25, 0.3) is 5.69 Å². The number of carbonyl (C=O) groups is 1. The van der Waals surface area contributed by atoms with E-state index in [-0.39, 0.29) is 5.91 Å². The molecule has 0 aliphatic carbocycles. The molecule has 1 aromatic carbocycles. The van der Waals surface area contributed by atoms with Crippen molar-refractivity contribution in [2.24, 2.45) is 0 Å². The number of benzene rings is 1. The van der Waals surface area contributed by atoms with Gasteiger partial charge in [0.25, 0.3) is 0 Å². The van der Waals surface area contributed by atoms with Crippen LogP contribution in [0, 0.1) is 0 Å². The number of piperidine rings is 1. The molecule has 1 aliphatic rings. The molecule has 1 atom stereocenters. The van der Waals surface area contributed by atoms with E-state index in [0.717, 1.165) is 42.4 Å². The Morgan fingerprint density at radius 2 is 2.12 bits per heavy atom. The fraction of sp³-hybridized carbons (Fsp3) is 0.500. The van der Waals surface area contributed by atoms with Gasteiger partial charge in [-0.15, -0.1) is 10.2 Å². The first-order chi connectivity index (χ1) is 12.2. The van der Waals surface area contributed by atoms with Crippen molar-refractivity contribution >= 4 is 17.7 Å². The second kappa shape index (κ2) is 8.38. The molecule has 3 rings (SSSR count). The average molecular weight is 360 g/mol. The second-order valence-electron chi connectivity index (χ2n) is 6.12. The van der Waals surface area contributed by atoms with Crippen LogP contribution in [0.5, 0.6) is 5.75 Å². The Kier molecular flexibility index (Phi) is 5.96. The summed E-state index contributed by atoms with van der Waals surface area (Å²) in [5, 5.41) is 8.89. The third-order valence-corrected chi connectivity index (χ3v) is 5.54. The molecule has 6 nitrogen and oxygen atoms in total. The number of ether oxygens (including phenoxy) is 1. The van der Waals surface area contributed by atoms with Gasteiger partial charge in [-0.2, -0.15) is 0 Å². The minimum atomic E-state index is 0.195. The SMILES string of the molecule is CCC1CCCCN1C(=O)CSc1nncn1-c1ccc(OC)cc1. The first kappa shape index (κ1) is 17.8. The van der Waals surface area contributed by atoms with E-state index in [0.29, 0.717) is 11.8 Å². The van der Waals surface area contributed by atoms with Gasteiger partial charge in [0.1, 0.15) is 12.1 Å². The summed E-state index contributed by atoms with van der Waals surface area (Å²) in [5.41, 5.74) is 0.949. The molecule has 0 radical (unpaired) electrons. The van der Waals surface area contributed by atoms with Gasteiger partial charge in [0, 0.05) is 18.3 Å². The fourth-order valence-corrected chi connectivity index (χ4v) is 4.02. The molecular formula is C18H24N4O2S. The number of hydrogen-bond acceptors (Lipinski definition) is 5. The monoisotopic (exact) mass is 360 g/mol. The molecule has 0 spiro atoms. The topological polar surface area (TPSA) is 60.2 Å². The smallest absolute Gasteiger partial charge is 0.233 e. The maximum Gasteiger partial charge on any atom is 0.233 e. The van der Waals surface area contributed by atoms with Crippen LogP contribution in [0.4, 0.5) is 0 Å². The van der Waals surface area contributed by atoms with Gasteiger partial charge in [-0.1, -0.05) is 18.7 Å². The summed E-state index contributed by atoms with van der Waals surface area (Å²) in [6, 6.07) is 8.09. The summed E-state index contributed by atoms with van der Waals surface area (Å²) in [6.07, 6.45) is 6.15. The fourth-order valence-electron chi connectivity index (χ4n) is 3.21. The number of hydrogen-bond donors (Lipinski definition) is 0. The molecule has 2 aromatic rings. The number of nitrogens with zero attached hydrogens (tertiary/aromatic N) is 4. The van der Waals surface area contributed by atoms with Crippen molar-refractivity contribution in [3.8, 4) is 11.4 Å². The molecule has 1 aliphatic heterocycles. The lowest BCUT2D eigenvalue weighted by Crippen LogP contribution is -2.44. The molecule has 1 amide bonds. The van der Waals surface area contributed by atoms with Crippen molar-refractivity contribution in [2.45, 2.75) is 43.8 Å². The third-order valence-electron chi connectivity index (χ3n) is 4.61. The molecule has 134 valence electrons. The van der Waals surface area contributed by atoms with Gasteiger partial charge in [-0.3, -0.25) is 9.36 Å². The molecule has 1 aromatic heterocycles. The van der Waals surface area contributed by atoms with E-state index in [2.05, 4.69) is 17.1 Å². The molecule has 0 saturated carbocycles. The first-order valence-electron chi connectivity index (χ1n) is 8.69. The number of thioether (sulfide) groups is 1. The normalized spacial score (nSPS) is 17.5. The van der Waals surface area contributed by atoms with Gasteiger partial charge in [-0.25, -0.2) is 0 Å². The predicted octanol–water partition coefficient (Wildman–Crippen LogP) is 3.16. The van der Waals surface area contributed by atoms with Crippen LogP contribution in [-0.4, -0.2) is 51.0 Å². The minimum Gasteiger partial charge on any atom is -0.497 e. The lowest BCUT2D eigenvalue weighted by atomic mass is 10.0. The first-order valence-corrected chi connectivity index (χ1v) is 9.68. The van der Waals surface area contributed by atoms with Crippen molar-refractivity contribution < 1.29 is 9.53 Å². The number of rotatable bonds is 6. The number of aromatic nitrogens is 3. The molecule has 0 N–H and O–H groups in total. The summed E-state index contributed by atoms with van der Waals surface area (Å²) < 4.78 is 7.08. The van der Waals surface area contributed by atoms with E-state index < -0.39 is 0 Å². The van der Waals surface area contributed by atoms with E-state index in [1.54, 1.807) is 13.4 Å². The molecule has 2 heterocycles. The molecule has 7 heteroatoms. The Labute approximate surface area is 152 Å². The van der Waals surface area contributed by atoms with Crippen LogP contribution in [0.2, 0.25) is 0 Å². The van der Waals surface area contributed by atoms with Gasteiger partial charge in [0.15, 0.2) is 5.16 Å². The number of amides is 1. The molecule has 1 saturated heterocycles. The van der Waals surface area contributed by atoms with Crippen molar-refractivity contribution in [3.05, 3.63) is 30.6 Å². The maximum atomic E-state index is 12.6. The van der Waals surface area contributed by atoms with Crippen LogP contribution in [-0.2, 0) is 4.79 Å². The molecule has 25 heavy (non-hydrogen) atoms. The largest absolute Gasteiger partial charge is 0.497 e. The summed E-state index contributed by atoms with van der Waals surface area (Å²) in [4.78, 5) is 14.7. The number of methoxy groups -OCH3 is 1. The van der Waals surface area contributed by atoms with Crippen LogP contribution in [0.1, 0.15) is 32.6 Å². The highest BCUT2D eigenvalue weighted by Gasteiger charge is 2.25. The minimum absolute atomic E-state index is 0.195. The van der Waals surface area contributed by atoms with E-state index >= 15 is 0 Å². The van der Waals surface area contributed by atoms with E-state index in [1.165, 1.54) is 18.2 Å². The Bertz CT molecular complexity index is 701. The zero-order valence-corrected chi connectivity index (χ0v) is 15.5. The van der Waals surface area contributed by atoms with Crippen LogP contribution < -0.4 is 4.74 Å². The second-order valence-corrected chi connectivity index (χ2v) is 7.06. The quantitative estimate of drug-likeness (QED) is 0.741. The Balaban J connectivity index is 1.65. The van der Waals surface area contributed by atoms with Gasteiger partial charge in [0.05, 0.1) is 12.9 Å². The highest BCUT2D eigenvalue weighted by molar-refractivity contribution is 7.99.